The third-order valence-electron chi connectivity index (χ3n) is 4.00. The van der Waals surface area contributed by atoms with Gasteiger partial charge in [-0.15, -0.1) is 0 Å². The van der Waals surface area contributed by atoms with Crippen LogP contribution in [-0.2, 0) is 16.2 Å². The normalized spacial score (nSPS) is 10.7. The van der Waals surface area contributed by atoms with Crippen molar-refractivity contribution in [1.29, 1.82) is 0 Å². The molecule has 31 heavy (non-hydrogen) atoms. The molecule has 0 unspecified atom stereocenters. The molecule has 3 rings (SSSR count). The summed E-state index contributed by atoms with van der Waals surface area (Å²) in [5.41, 5.74) is 3.32. The van der Waals surface area contributed by atoms with Crippen LogP contribution >= 0.6 is 11.6 Å². The summed E-state index contributed by atoms with van der Waals surface area (Å²) in [7, 11) is 0. The van der Waals surface area contributed by atoms with E-state index in [1.54, 1.807) is 42.5 Å². The number of hydrazone groups is 1. The molecule has 0 saturated carbocycles. The zero-order valence-electron chi connectivity index (χ0n) is 15.9. The standard InChI is InChI=1S/C22H16ClF2N3O3/c23-18-11-16(7-10-20(18)25)27-21(29)22(30)28-26-12-14-5-8-17(9-6-14)31-13-15-3-1-2-4-19(15)24/h1-12H,13H2,(H,27,29)(H,28,30)/b26-12+. The van der Waals surface area contributed by atoms with E-state index in [0.29, 0.717) is 16.9 Å². The highest BCUT2D eigenvalue weighted by atomic mass is 35.5. The Kier molecular flexibility index (Phi) is 7.29. The van der Waals surface area contributed by atoms with Gasteiger partial charge in [-0.2, -0.15) is 5.10 Å². The first-order chi connectivity index (χ1) is 14.9. The quantitative estimate of drug-likeness (QED) is 0.339. The van der Waals surface area contributed by atoms with E-state index in [9.17, 15) is 18.4 Å². The SMILES string of the molecule is O=C(N/N=C/c1ccc(OCc2ccccc2F)cc1)C(=O)Nc1ccc(F)c(Cl)c1. The average Bonchev–Trinajstić information content (AvgIpc) is 2.76. The fraction of sp³-hybridized carbons (Fsp3) is 0.0455. The van der Waals surface area contributed by atoms with Crippen LogP contribution in [0.1, 0.15) is 11.1 Å². The van der Waals surface area contributed by atoms with Gasteiger partial charge in [0.25, 0.3) is 0 Å². The third kappa shape index (κ3) is 6.35. The van der Waals surface area contributed by atoms with Gasteiger partial charge in [-0.05, 0) is 54.1 Å². The number of ether oxygens (including phenoxy) is 1. The molecule has 9 heteroatoms. The summed E-state index contributed by atoms with van der Waals surface area (Å²) in [6.45, 7) is 0.0878. The second-order valence-electron chi connectivity index (χ2n) is 6.23. The van der Waals surface area contributed by atoms with E-state index in [-0.39, 0.29) is 23.1 Å². The molecule has 2 N–H and O–H groups in total. The van der Waals surface area contributed by atoms with Gasteiger partial charge in [0.1, 0.15) is 24.0 Å². The Balaban J connectivity index is 1.48. The van der Waals surface area contributed by atoms with Gasteiger partial charge in [-0.1, -0.05) is 29.8 Å². The van der Waals surface area contributed by atoms with Crippen molar-refractivity contribution in [2.24, 2.45) is 5.10 Å². The van der Waals surface area contributed by atoms with Crippen molar-refractivity contribution in [2.75, 3.05) is 5.32 Å². The second kappa shape index (κ2) is 10.3. The highest BCUT2D eigenvalue weighted by Gasteiger charge is 2.13. The predicted molar refractivity (Wildman–Crippen MR) is 113 cm³/mol. The van der Waals surface area contributed by atoms with Crippen LogP contribution < -0.4 is 15.5 Å². The molecule has 0 spiro atoms. The second-order valence-corrected chi connectivity index (χ2v) is 6.64. The van der Waals surface area contributed by atoms with Crippen molar-refractivity contribution in [1.82, 2.24) is 5.43 Å². The Bertz CT molecular complexity index is 1120. The van der Waals surface area contributed by atoms with Crippen LogP contribution in [0.15, 0.2) is 71.8 Å². The van der Waals surface area contributed by atoms with Gasteiger partial charge in [0.2, 0.25) is 0 Å². The minimum atomic E-state index is -1.01. The van der Waals surface area contributed by atoms with Crippen LogP contribution in [0.4, 0.5) is 14.5 Å². The number of carbonyl (C=O) groups excluding carboxylic acids is 2. The van der Waals surface area contributed by atoms with Crippen molar-refractivity contribution >= 4 is 35.3 Å². The lowest BCUT2D eigenvalue weighted by atomic mass is 10.2. The molecular formula is C22H16ClF2N3O3. The molecule has 0 saturated heterocycles. The molecule has 0 aliphatic heterocycles. The topological polar surface area (TPSA) is 79.8 Å². The lowest BCUT2D eigenvalue weighted by molar-refractivity contribution is -0.136. The number of nitrogens with one attached hydrogen (secondary N) is 2. The van der Waals surface area contributed by atoms with Crippen molar-refractivity contribution in [2.45, 2.75) is 6.61 Å². The van der Waals surface area contributed by atoms with Gasteiger partial charge in [-0.25, -0.2) is 14.2 Å². The van der Waals surface area contributed by atoms with Crippen LogP contribution in [0.3, 0.4) is 0 Å². The Labute approximate surface area is 181 Å². The number of hydrogen-bond acceptors (Lipinski definition) is 4. The molecule has 0 aromatic heterocycles. The molecule has 0 atom stereocenters. The Hall–Kier alpha value is -3.78. The number of nitrogens with zero attached hydrogens (tertiary/aromatic N) is 1. The number of hydrogen-bond donors (Lipinski definition) is 2. The third-order valence-corrected chi connectivity index (χ3v) is 4.29. The van der Waals surface area contributed by atoms with Crippen LogP contribution in [0.5, 0.6) is 5.75 Å². The molecule has 6 nitrogen and oxygen atoms in total. The number of benzene rings is 3. The monoisotopic (exact) mass is 443 g/mol. The Morgan fingerprint density at radius 1 is 0.968 bits per heavy atom. The zero-order chi connectivity index (χ0) is 22.2. The molecule has 3 aromatic carbocycles. The van der Waals surface area contributed by atoms with E-state index in [4.69, 9.17) is 16.3 Å². The van der Waals surface area contributed by atoms with Gasteiger partial charge in [-0.3, -0.25) is 9.59 Å². The molecule has 0 aliphatic carbocycles. The van der Waals surface area contributed by atoms with Crippen LogP contribution in [0, 0.1) is 11.6 Å². The number of amides is 2. The zero-order valence-corrected chi connectivity index (χ0v) is 16.7. The van der Waals surface area contributed by atoms with Gasteiger partial charge in [0.05, 0.1) is 11.2 Å². The average molecular weight is 444 g/mol. The van der Waals surface area contributed by atoms with Crippen LogP contribution in [0.25, 0.3) is 0 Å². The summed E-state index contributed by atoms with van der Waals surface area (Å²) in [6.07, 6.45) is 1.33. The summed E-state index contributed by atoms with van der Waals surface area (Å²) in [6, 6.07) is 16.5. The highest BCUT2D eigenvalue weighted by molar-refractivity contribution is 6.39. The van der Waals surface area contributed by atoms with E-state index >= 15 is 0 Å². The maximum Gasteiger partial charge on any atom is 0.329 e. The first-order valence-electron chi connectivity index (χ1n) is 8.98. The molecule has 158 valence electrons. The summed E-state index contributed by atoms with van der Waals surface area (Å²) < 4.78 is 32.2. The molecule has 0 aliphatic rings. The molecule has 3 aromatic rings. The number of carbonyl (C=O) groups is 2. The van der Waals surface area contributed by atoms with Gasteiger partial charge in [0.15, 0.2) is 0 Å². The molecule has 0 bridgehead atoms. The van der Waals surface area contributed by atoms with E-state index in [0.717, 1.165) is 6.07 Å². The Morgan fingerprint density at radius 3 is 2.42 bits per heavy atom. The van der Waals surface area contributed by atoms with E-state index < -0.39 is 17.6 Å². The van der Waals surface area contributed by atoms with E-state index in [2.05, 4.69) is 15.8 Å². The molecular weight excluding hydrogens is 428 g/mol. The highest BCUT2D eigenvalue weighted by Crippen LogP contribution is 2.19. The molecule has 0 heterocycles. The molecule has 0 radical (unpaired) electrons. The maximum absolute atomic E-state index is 13.6. The molecule has 2 amide bonds. The van der Waals surface area contributed by atoms with Crippen LogP contribution in [-0.4, -0.2) is 18.0 Å². The summed E-state index contributed by atoms with van der Waals surface area (Å²) in [5, 5.41) is 5.80. The summed E-state index contributed by atoms with van der Waals surface area (Å²) in [4.78, 5) is 23.6. The largest absolute Gasteiger partial charge is 0.489 e. The maximum atomic E-state index is 13.6. The number of rotatable bonds is 6. The smallest absolute Gasteiger partial charge is 0.329 e. The fourth-order valence-corrected chi connectivity index (χ4v) is 2.59. The lowest BCUT2D eigenvalue weighted by Crippen LogP contribution is -2.32. The minimum absolute atomic E-state index is 0.0878. The molecule has 0 fully saturated rings. The van der Waals surface area contributed by atoms with Crippen LogP contribution in [0.2, 0.25) is 5.02 Å². The predicted octanol–water partition coefficient (Wildman–Crippen LogP) is 4.29. The first kappa shape index (κ1) is 21.9. The number of anilines is 1. The van der Waals surface area contributed by atoms with Crippen molar-refractivity contribution < 1.29 is 23.1 Å². The lowest BCUT2D eigenvalue weighted by Gasteiger charge is -2.07. The minimum Gasteiger partial charge on any atom is -0.489 e. The van der Waals surface area contributed by atoms with Gasteiger partial charge < -0.3 is 10.1 Å². The van der Waals surface area contributed by atoms with Crippen molar-refractivity contribution in [3.05, 3.63) is 94.5 Å². The summed E-state index contributed by atoms with van der Waals surface area (Å²) in [5.74, 6) is -2.45. The Morgan fingerprint density at radius 2 is 1.71 bits per heavy atom. The van der Waals surface area contributed by atoms with E-state index in [1.807, 2.05) is 0 Å². The van der Waals surface area contributed by atoms with E-state index in [1.165, 1.54) is 24.4 Å². The van der Waals surface area contributed by atoms with Crippen molar-refractivity contribution in [3.8, 4) is 5.75 Å². The fourth-order valence-electron chi connectivity index (χ4n) is 2.40. The first-order valence-corrected chi connectivity index (χ1v) is 9.36. The van der Waals surface area contributed by atoms with Crippen molar-refractivity contribution in [3.63, 3.8) is 0 Å². The number of halogens is 3. The van der Waals surface area contributed by atoms with Gasteiger partial charge >= 0.3 is 11.8 Å². The summed E-state index contributed by atoms with van der Waals surface area (Å²) >= 11 is 5.62. The van der Waals surface area contributed by atoms with Gasteiger partial charge in [0, 0.05) is 11.3 Å².